The second-order valence-electron chi connectivity index (χ2n) is 6.59. The van der Waals surface area contributed by atoms with Crippen molar-refractivity contribution in [2.24, 2.45) is 4.99 Å². The van der Waals surface area contributed by atoms with E-state index in [1.165, 1.54) is 4.88 Å². The molecule has 0 amide bonds. The zero-order valence-electron chi connectivity index (χ0n) is 16.1. The number of hydrogen-bond acceptors (Lipinski definition) is 5. The third kappa shape index (κ3) is 5.37. The van der Waals surface area contributed by atoms with Crippen LogP contribution in [0, 0.1) is 0 Å². The number of benzene rings is 1. The quantitative estimate of drug-likeness (QED) is 0.564. The molecule has 1 aromatic carbocycles. The van der Waals surface area contributed by atoms with Crippen LogP contribution in [-0.2, 0) is 0 Å². The average molecular weight is 389 g/mol. The highest BCUT2D eigenvalue weighted by Crippen LogP contribution is 2.30. The minimum atomic E-state index is -0.0503. The van der Waals surface area contributed by atoms with E-state index in [0.29, 0.717) is 19.7 Å². The maximum atomic E-state index is 6.01. The molecule has 1 aromatic heterocycles. The van der Waals surface area contributed by atoms with Crippen LogP contribution in [-0.4, -0.2) is 57.3 Å². The molecule has 2 heterocycles. The number of hydrogen-bond donors (Lipinski definition) is 2. The summed E-state index contributed by atoms with van der Waals surface area (Å²) in [5.41, 5.74) is 0. The molecule has 1 aliphatic heterocycles. The van der Waals surface area contributed by atoms with Crippen molar-refractivity contribution >= 4 is 17.3 Å². The molecule has 3 rings (SSSR count). The second-order valence-corrected chi connectivity index (χ2v) is 7.57. The van der Waals surface area contributed by atoms with Crippen molar-refractivity contribution in [3.8, 4) is 11.5 Å². The molecule has 2 aromatic rings. The summed E-state index contributed by atoms with van der Waals surface area (Å²) >= 11 is 1.77. The minimum absolute atomic E-state index is 0.0503. The standard InChI is InChI=1S/C20H28N4O2S/c1-4-21-20(23-13-16(24(2)3)19-10-7-11-27-19)22-12-15-14-25-17-8-5-6-9-18(17)26-15/h5-11,15-16H,4,12-14H2,1-3H3,(H2,21,22,23). The normalized spacial score (nSPS) is 17.6. The van der Waals surface area contributed by atoms with Crippen LogP contribution in [0.3, 0.4) is 0 Å². The van der Waals surface area contributed by atoms with Crippen molar-refractivity contribution in [1.82, 2.24) is 15.5 Å². The van der Waals surface area contributed by atoms with Gasteiger partial charge in [-0.25, -0.2) is 0 Å². The largest absolute Gasteiger partial charge is 0.486 e. The molecule has 0 fully saturated rings. The van der Waals surface area contributed by atoms with Crippen molar-refractivity contribution in [2.75, 3.05) is 40.3 Å². The number of rotatable bonds is 7. The predicted octanol–water partition coefficient (Wildman–Crippen LogP) is 2.75. The Morgan fingerprint density at radius 1 is 1.22 bits per heavy atom. The van der Waals surface area contributed by atoms with Crippen molar-refractivity contribution < 1.29 is 9.47 Å². The monoisotopic (exact) mass is 388 g/mol. The first-order valence-electron chi connectivity index (χ1n) is 9.28. The molecule has 2 atom stereocenters. The molecule has 0 spiro atoms. The van der Waals surface area contributed by atoms with Crippen LogP contribution in [0.15, 0.2) is 46.8 Å². The van der Waals surface area contributed by atoms with Crippen LogP contribution in [0.25, 0.3) is 0 Å². The number of guanidine groups is 1. The number of para-hydroxylation sites is 2. The SMILES string of the molecule is CCNC(=NCC(c1cccs1)N(C)C)NCC1COc2ccccc2O1. The lowest BCUT2D eigenvalue weighted by Crippen LogP contribution is -2.45. The summed E-state index contributed by atoms with van der Waals surface area (Å²) in [7, 11) is 4.18. The van der Waals surface area contributed by atoms with E-state index >= 15 is 0 Å². The second kappa shape index (κ2) is 9.62. The van der Waals surface area contributed by atoms with Gasteiger partial charge in [-0.05, 0) is 44.6 Å². The lowest BCUT2D eigenvalue weighted by atomic mass is 10.2. The van der Waals surface area contributed by atoms with Gasteiger partial charge in [-0.3, -0.25) is 4.99 Å². The van der Waals surface area contributed by atoms with Crippen molar-refractivity contribution in [3.63, 3.8) is 0 Å². The number of nitrogens with one attached hydrogen (secondary N) is 2. The maximum Gasteiger partial charge on any atom is 0.191 e. The molecule has 146 valence electrons. The summed E-state index contributed by atoms with van der Waals surface area (Å²) < 4.78 is 11.8. The fourth-order valence-corrected chi connectivity index (χ4v) is 3.80. The molecule has 0 radical (unpaired) electrons. The number of thiophene rings is 1. The molecule has 0 saturated heterocycles. The highest BCUT2D eigenvalue weighted by atomic mass is 32.1. The van der Waals surface area contributed by atoms with Gasteiger partial charge in [-0.15, -0.1) is 11.3 Å². The van der Waals surface area contributed by atoms with E-state index in [1.807, 2.05) is 24.3 Å². The van der Waals surface area contributed by atoms with Gasteiger partial charge in [-0.2, -0.15) is 0 Å². The van der Waals surface area contributed by atoms with Gasteiger partial charge >= 0.3 is 0 Å². The molecule has 6 nitrogen and oxygen atoms in total. The molecule has 0 bridgehead atoms. The predicted molar refractivity (Wildman–Crippen MR) is 111 cm³/mol. The van der Waals surface area contributed by atoms with Crippen LogP contribution < -0.4 is 20.1 Å². The van der Waals surface area contributed by atoms with Crippen molar-refractivity contribution in [2.45, 2.75) is 19.1 Å². The van der Waals surface area contributed by atoms with Gasteiger partial charge in [0.1, 0.15) is 12.7 Å². The Morgan fingerprint density at radius 2 is 2.04 bits per heavy atom. The first kappa shape index (κ1) is 19.5. The maximum absolute atomic E-state index is 6.01. The first-order chi connectivity index (χ1) is 13.2. The summed E-state index contributed by atoms with van der Waals surface area (Å²) in [6, 6.07) is 12.3. The topological polar surface area (TPSA) is 58.1 Å². The van der Waals surface area contributed by atoms with Gasteiger partial charge in [0.2, 0.25) is 0 Å². The Kier molecular flexibility index (Phi) is 6.95. The zero-order chi connectivity index (χ0) is 19.1. The van der Waals surface area contributed by atoms with E-state index < -0.39 is 0 Å². The minimum Gasteiger partial charge on any atom is -0.486 e. The fraction of sp³-hybridized carbons (Fsp3) is 0.450. The Hall–Kier alpha value is -2.25. The van der Waals surface area contributed by atoms with Crippen LogP contribution in [0.4, 0.5) is 0 Å². The van der Waals surface area contributed by atoms with E-state index in [0.717, 1.165) is 24.0 Å². The Bertz CT molecular complexity index is 733. The van der Waals surface area contributed by atoms with Gasteiger partial charge in [0, 0.05) is 11.4 Å². The van der Waals surface area contributed by atoms with Gasteiger partial charge in [0.05, 0.1) is 19.1 Å². The van der Waals surface area contributed by atoms with Gasteiger partial charge < -0.3 is 25.0 Å². The van der Waals surface area contributed by atoms with E-state index in [1.54, 1.807) is 11.3 Å². The van der Waals surface area contributed by atoms with Crippen LogP contribution >= 0.6 is 11.3 Å². The third-order valence-corrected chi connectivity index (χ3v) is 5.30. The van der Waals surface area contributed by atoms with Gasteiger partial charge in [-0.1, -0.05) is 18.2 Å². The Balaban J connectivity index is 1.58. The molecule has 0 saturated carbocycles. The highest BCUT2D eigenvalue weighted by molar-refractivity contribution is 7.10. The van der Waals surface area contributed by atoms with Crippen LogP contribution in [0.5, 0.6) is 11.5 Å². The lowest BCUT2D eigenvalue weighted by Gasteiger charge is -2.27. The first-order valence-corrected chi connectivity index (χ1v) is 10.2. The van der Waals surface area contributed by atoms with Crippen LogP contribution in [0.1, 0.15) is 17.8 Å². The number of likely N-dealkylation sites (N-methyl/N-ethyl adjacent to an activating group) is 1. The summed E-state index contributed by atoms with van der Waals surface area (Å²) in [6.07, 6.45) is -0.0503. The average Bonchev–Trinajstić information content (AvgIpc) is 3.20. The Morgan fingerprint density at radius 3 is 2.74 bits per heavy atom. The molecule has 1 aliphatic rings. The highest BCUT2D eigenvalue weighted by Gasteiger charge is 2.21. The number of aliphatic imine (C=N–C) groups is 1. The molecule has 2 N–H and O–H groups in total. The lowest BCUT2D eigenvalue weighted by molar-refractivity contribution is 0.0936. The molecule has 0 aliphatic carbocycles. The number of nitrogens with zero attached hydrogens (tertiary/aromatic N) is 2. The third-order valence-electron chi connectivity index (χ3n) is 4.33. The number of fused-ring (bicyclic) bond motifs is 1. The molecular weight excluding hydrogens is 360 g/mol. The molecule has 2 unspecified atom stereocenters. The summed E-state index contributed by atoms with van der Waals surface area (Å²) in [6.45, 7) is 4.72. The van der Waals surface area contributed by atoms with Crippen LogP contribution in [0.2, 0.25) is 0 Å². The van der Waals surface area contributed by atoms with E-state index in [-0.39, 0.29) is 12.1 Å². The summed E-state index contributed by atoms with van der Waals surface area (Å²) in [4.78, 5) is 8.30. The summed E-state index contributed by atoms with van der Waals surface area (Å²) in [5.74, 6) is 2.39. The van der Waals surface area contributed by atoms with Gasteiger partial charge in [0.15, 0.2) is 17.5 Å². The molecular formula is C20H28N4O2S. The van der Waals surface area contributed by atoms with Crippen molar-refractivity contribution in [3.05, 3.63) is 46.7 Å². The van der Waals surface area contributed by atoms with Crippen molar-refractivity contribution in [1.29, 1.82) is 0 Å². The Labute approximate surface area is 165 Å². The zero-order valence-corrected chi connectivity index (χ0v) is 17.0. The van der Waals surface area contributed by atoms with E-state index in [2.05, 4.69) is 54.1 Å². The molecule has 7 heteroatoms. The molecule has 27 heavy (non-hydrogen) atoms. The van der Waals surface area contributed by atoms with E-state index in [9.17, 15) is 0 Å². The number of ether oxygens (including phenoxy) is 2. The summed E-state index contributed by atoms with van der Waals surface area (Å²) in [5, 5.41) is 8.80. The fourth-order valence-electron chi connectivity index (χ4n) is 2.88. The van der Waals surface area contributed by atoms with E-state index in [4.69, 9.17) is 14.5 Å². The smallest absolute Gasteiger partial charge is 0.191 e. The van der Waals surface area contributed by atoms with Gasteiger partial charge in [0.25, 0.3) is 0 Å².